The van der Waals surface area contributed by atoms with Crippen LogP contribution in [-0.4, -0.2) is 28.5 Å². The molecule has 2 aliphatic rings. The maximum absolute atomic E-state index is 13.0. The second kappa shape index (κ2) is 6.05. The zero-order valence-corrected chi connectivity index (χ0v) is 13.8. The molecular weight excluding hydrogens is 278 g/mol. The van der Waals surface area contributed by atoms with E-state index in [1.807, 2.05) is 53.4 Å². The number of carbonyl (C=O) groups excluding carboxylic acids is 2. The van der Waals surface area contributed by atoms with Gasteiger partial charge in [-0.1, -0.05) is 33.8 Å². The highest BCUT2D eigenvalue weighted by Gasteiger charge is 2.59. The van der Waals surface area contributed by atoms with Gasteiger partial charge < -0.3 is 4.74 Å². The van der Waals surface area contributed by atoms with Crippen molar-refractivity contribution in [2.75, 3.05) is 0 Å². The zero-order chi connectivity index (χ0) is 16.5. The molecule has 0 bridgehead atoms. The SMILES string of the molecule is C=CC[C@@]1(CC)C(=O)O[C@H]([C]2[CH][CH][CH][CH]2)N1C(=O)C(C)(C)C. The predicted molar refractivity (Wildman–Crippen MR) is 84.5 cm³/mol. The van der Waals surface area contributed by atoms with Crippen molar-refractivity contribution in [2.24, 2.45) is 5.41 Å². The Hall–Kier alpha value is -1.32. The van der Waals surface area contributed by atoms with Gasteiger partial charge in [-0.2, -0.15) is 0 Å². The van der Waals surface area contributed by atoms with Crippen LogP contribution in [0.15, 0.2) is 12.7 Å². The van der Waals surface area contributed by atoms with Gasteiger partial charge in [-0.05, 0) is 38.5 Å². The number of amides is 1. The van der Waals surface area contributed by atoms with Crippen molar-refractivity contribution in [2.45, 2.75) is 52.3 Å². The Morgan fingerprint density at radius 3 is 2.45 bits per heavy atom. The first-order chi connectivity index (χ1) is 10.3. The van der Waals surface area contributed by atoms with Gasteiger partial charge in [0.2, 0.25) is 5.91 Å². The summed E-state index contributed by atoms with van der Waals surface area (Å²) in [4.78, 5) is 27.3. The molecule has 2 fully saturated rings. The summed E-state index contributed by atoms with van der Waals surface area (Å²) in [6.45, 7) is 11.2. The normalized spacial score (nSPS) is 29.7. The van der Waals surface area contributed by atoms with E-state index >= 15 is 0 Å². The number of ether oxygens (including phenoxy) is 1. The molecule has 4 nitrogen and oxygen atoms in total. The molecule has 0 N–H and O–H groups in total. The Labute approximate surface area is 133 Å². The fraction of sp³-hybridized carbons (Fsp3) is 0.500. The Kier molecular flexibility index (Phi) is 4.69. The molecule has 1 aliphatic carbocycles. The fourth-order valence-corrected chi connectivity index (χ4v) is 2.90. The molecule has 5 radical (unpaired) electrons. The summed E-state index contributed by atoms with van der Waals surface area (Å²) in [7, 11) is 0. The molecule has 119 valence electrons. The van der Waals surface area contributed by atoms with Gasteiger partial charge in [0.1, 0.15) is 5.54 Å². The summed E-state index contributed by atoms with van der Waals surface area (Å²) in [6.07, 6.45) is 9.42. The van der Waals surface area contributed by atoms with Crippen LogP contribution in [0.25, 0.3) is 0 Å². The van der Waals surface area contributed by atoms with Gasteiger partial charge in [0.15, 0.2) is 6.23 Å². The van der Waals surface area contributed by atoms with Crippen LogP contribution in [-0.2, 0) is 14.3 Å². The summed E-state index contributed by atoms with van der Waals surface area (Å²) in [6, 6.07) is 0. The van der Waals surface area contributed by atoms with Crippen LogP contribution in [0.5, 0.6) is 0 Å². The first-order valence-electron chi connectivity index (χ1n) is 7.65. The van der Waals surface area contributed by atoms with Crippen molar-refractivity contribution in [3.63, 3.8) is 0 Å². The van der Waals surface area contributed by atoms with E-state index in [1.165, 1.54) is 0 Å². The Balaban J connectivity index is 2.45. The molecular formula is C18H24NO3. The molecule has 0 spiro atoms. The lowest BCUT2D eigenvalue weighted by molar-refractivity contribution is -0.149. The highest BCUT2D eigenvalue weighted by Crippen LogP contribution is 2.44. The third-order valence-corrected chi connectivity index (χ3v) is 4.20. The minimum absolute atomic E-state index is 0.0896. The average molecular weight is 302 g/mol. The number of nitrogens with zero attached hydrogens (tertiary/aromatic N) is 1. The topological polar surface area (TPSA) is 46.6 Å². The molecule has 22 heavy (non-hydrogen) atoms. The van der Waals surface area contributed by atoms with Crippen LogP contribution < -0.4 is 0 Å². The number of hydrogen-bond acceptors (Lipinski definition) is 3. The summed E-state index contributed by atoms with van der Waals surface area (Å²) in [5.74, 6) is 0.386. The first kappa shape index (κ1) is 17.0. The van der Waals surface area contributed by atoms with Gasteiger partial charge in [-0.25, -0.2) is 4.79 Å². The van der Waals surface area contributed by atoms with Crippen LogP contribution in [0, 0.1) is 37.0 Å². The van der Waals surface area contributed by atoms with E-state index in [0.29, 0.717) is 12.8 Å². The van der Waals surface area contributed by atoms with Crippen molar-refractivity contribution in [3.8, 4) is 0 Å². The molecule has 4 heteroatoms. The van der Waals surface area contributed by atoms with Crippen molar-refractivity contribution in [1.82, 2.24) is 4.90 Å². The number of rotatable bonds is 4. The minimum Gasteiger partial charge on any atom is -0.439 e. The molecule has 1 saturated heterocycles. The highest BCUT2D eigenvalue weighted by atomic mass is 16.6. The molecule has 0 aromatic rings. The van der Waals surface area contributed by atoms with Gasteiger partial charge in [-0.3, -0.25) is 9.69 Å². The van der Waals surface area contributed by atoms with Crippen LogP contribution >= 0.6 is 0 Å². The third-order valence-electron chi connectivity index (χ3n) is 4.20. The van der Waals surface area contributed by atoms with E-state index in [-0.39, 0.29) is 11.9 Å². The van der Waals surface area contributed by atoms with Gasteiger partial charge in [0.05, 0.1) is 0 Å². The summed E-state index contributed by atoms with van der Waals surface area (Å²) >= 11 is 0. The van der Waals surface area contributed by atoms with Gasteiger partial charge in [0.25, 0.3) is 0 Å². The standard InChI is InChI=1S/C18H24NO3/c1-6-12-18(7-2)16(21)22-14(13-10-8-9-11-13)19(18)15(20)17(3,4)5/h6,8-11,14H,1,7,12H2,2-5H3/t14-,18+/m1/s1. The van der Waals surface area contributed by atoms with Crippen LogP contribution in [0.2, 0.25) is 0 Å². The molecule has 2 atom stereocenters. The predicted octanol–water partition coefficient (Wildman–Crippen LogP) is 2.87. The van der Waals surface area contributed by atoms with Crippen molar-refractivity contribution < 1.29 is 14.3 Å². The van der Waals surface area contributed by atoms with E-state index in [9.17, 15) is 9.59 Å². The minimum atomic E-state index is -0.964. The van der Waals surface area contributed by atoms with Gasteiger partial charge in [-0.15, -0.1) is 6.58 Å². The lowest BCUT2D eigenvalue weighted by Crippen LogP contribution is -2.57. The summed E-state index contributed by atoms with van der Waals surface area (Å²) in [5, 5.41) is 0. The van der Waals surface area contributed by atoms with Crippen molar-refractivity contribution >= 4 is 11.9 Å². The Morgan fingerprint density at radius 2 is 2.00 bits per heavy atom. The van der Waals surface area contributed by atoms with E-state index in [4.69, 9.17) is 4.74 Å². The first-order valence-corrected chi connectivity index (χ1v) is 7.65. The lowest BCUT2D eigenvalue weighted by atomic mass is 9.85. The van der Waals surface area contributed by atoms with Gasteiger partial charge in [0, 0.05) is 11.3 Å². The van der Waals surface area contributed by atoms with E-state index in [0.717, 1.165) is 5.92 Å². The summed E-state index contributed by atoms with van der Waals surface area (Å²) in [5.41, 5.74) is -1.56. The van der Waals surface area contributed by atoms with Crippen molar-refractivity contribution in [3.05, 3.63) is 44.3 Å². The van der Waals surface area contributed by atoms with Crippen molar-refractivity contribution in [1.29, 1.82) is 0 Å². The Morgan fingerprint density at radius 1 is 1.41 bits per heavy atom. The Bertz CT molecular complexity index is 459. The van der Waals surface area contributed by atoms with E-state index in [2.05, 4.69) is 6.58 Å². The maximum Gasteiger partial charge on any atom is 0.334 e. The van der Waals surface area contributed by atoms with Crippen LogP contribution in [0.1, 0.15) is 40.5 Å². The molecule has 2 rings (SSSR count). The largest absolute Gasteiger partial charge is 0.439 e. The highest BCUT2D eigenvalue weighted by molar-refractivity contribution is 5.93. The number of esters is 1. The maximum atomic E-state index is 13.0. The lowest BCUT2D eigenvalue weighted by Gasteiger charge is -2.40. The van der Waals surface area contributed by atoms with E-state index < -0.39 is 17.2 Å². The van der Waals surface area contributed by atoms with Crippen LogP contribution in [0.3, 0.4) is 0 Å². The smallest absolute Gasteiger partial charge is 0.334 e. The quantitative estimate of drug-likeness (QED) is 0.592. The fourth-order valence-electron chi connectivity index (χ4n) is 2.90. The molecule has 0 unspecified atom stereocenters. The van der Waals surface area contributed by atoms with Gasteiger partial charge >= 0.3 is 5.97 Å². The molecule has 0 aromatic heterocycles. The number of cyclic esters (lactones) is 1. The van der Waals surface area contributed by atoms with E-state index in [1.54, 1.807) is 11.0 Å². The number of hydrogen-bond donors (Lipinski definition) is 0. The van der Waals surface area contributed by atoms with Crippen LogP contribution in [0.4, 0.5) is 0 Å². The zero-order valence-electron chi connectivity index (χ0n) is 13.8. The second-order valence-corrected chi connectivity index (χ2v) is 6.78. The average Bonchev–Trinajstić information content (AvgIpc) is 3.05. The summed E-state index contributed by atoms with van der Waals surface area (Å²) < 4.78 is 5.61. The molecule has 0 aromatic carbocycles. The second-order valence-electron chi connectivity index (χ2n) is 6.78. The number of carbonyl (C=O) groups is 2. The molecule has 1 aliphatic heterocycles. The molecule has 1 heterocycles. The molecule has 1 saturated carbocycles. The molecule has 1 amide bonds. The third kappa shape index (κ3) is 2.68. The monoisotopic (exact) mass is 302 g/mol.